The van der Waals surface area contributed by atoms with Crippen molar-refractivity contribution in [3.8, 4) is 11.1 Å². The molecule has 0 amide bonds. The van der Waals surface area contributed by atoms with Gasteiger partial charge in [0.1, 0.15) is 0 Å². The maximum Gasteiger partial charge on any atom is 0.494 e. The fourth-order valence-corrected chi connectivity index (χ4v) is 4.25. The number of rotatable bonds is 5. The van der Waals surface area contributed by atoms with Crippen molar-refractivity contribution in [3.05, 3.63) is 109 Å². The number of para-hydroxylation sites is 2. The van der Waals surface area contributed by atoms with Crippen molar-refractivity contribution in [3.63, 3.8) is 0 Å². The highest BCUT2D eigenvalue weighted by Crippen LogP contribution is 2.37. The average Bonchev–Trinajstić information content (AvgIpc) is 3.08. The van der Waals surface area contributed by atoms with Crippen LogP contribution in [0.5, 0.6) is 0 Å². The Balaban J connectivity index is 1.45. The Labute approximate surface area is 203 Å². The van der Waals surface area contributed by atoms with Gasteiger partial charge < -0.3 is 14.2 Å². The molecule has 1 aliphatic heterocycles. The minimum atomic E-state index is -0.365. The summed E-state index contributed by atoms with van der Waals surface area (Å²) in [7, 11) is -0.365. The van der Waals surface area contributed by atoms with E-state index in [1.165, 1.54) is 0 Å². The van der Waals surface area contributed by atoms with Crippen LogP contribution in [-0.2, 0) is 9.31 Å². The Morgan fingerprint density at radius 2 is 1.03 bits per heavy atom. The van der Waals surface area contributed by atoms with E-state index >= 15 is 0 Å². The Morgan fingerprint density at radius 1 is 0.529 bits per heavy atom. The molecule has 3 nitrogen and oxygen atoms in total. The molecule has 0 atom stereocenters. The average molecular weight is 447 g/mol. The number of hydrogen-bond acceptors (Lipinski definition) is 3. The van der Waals surface area contributed by atoms with E-state index in [-0.39, 0.29) is 18.3 Å². The second-order valence-corrected chi connectivity index (χ2v) is 9.77. The van der Waals surface area contributed by atoms with E-state index in [9.17, 15) is 0 Å². The summed E-state index contributed by atoms with van der Waals surface area (Å²) in [5.41, 5.74) is 6.00. The zero-order valence-corrected chi connectivity index (χ0v) is 20.2. The third-order valence-electron chi connectivity index (χ3n) is 6.90. The smallest absolute Gasteiger partial charge is 0.399 e. The molecule has 0 spiro atoms. The maximum atomic E-state index is 6.26. The van der Waals surface area contributed by atoms with Gasteiger partial charge in [0.2, 0.25) is 0 Å². The molecule has 0 bridgehead atoms. The van der Waals surface area contributed by atoms with Gasteiger partial charge in [0.15, 0.2) is 0 Å². The summed E-state index contributed by atoms with van der Waals surface area (Å²) in [6.45, 7) is 8.34. The van der Waals surface area contributed by atoms with Crippen LogP contribution >= 0.6 is 0 Å². The van der Waals surface area contributed by atoms with E-state index in [0.717, 1.165) is 33.7 Å². The Morgan fingerprint density at radius 3 is 1.56 bits per heavy atom. The fourth-order valence-electron chi connectivity index (χ4n) is 4.25. The van der Waals surface area contributed by atoms with E-state index in [0.29, 0.717) is 0 Å². The van der Waals surface area contributed by atoms with Crippen LogP contribution in [0.2, 0.25) is 0 Å². The van der Waals surface area contributed by atoms with E-state index < -0.39 is 0 Å². The molecule has 4 aromatic carbocycles. The van der Waals surface area contributed by atoms with Gasteiger partial charge in [0, 0.05) is 17.1 Å². The molecule has 1 fully saturated rings. The molecule has 0 aliphatic carbocycles. The molecule has 4 aromatic rings. The summed E-state index contributed by atoms with van der Waals surface area (Å²) < 4.78 is 12.5. The summed E-state index contributed by atoms with van der Waals surface area (Å²) in [5.74, 6) is 0. The fraction of sp³-hybridized carbons (Fsp3) is 0.200. The first-order valence-corrected chi connectivity index (χ1v) is 11.8. The van der Waals surface area contributed by atoms with Gasteiger partial charge in [-0.15, -0.1) is 0 Å². The molecular weight excluding hydrogens is 417 g/mol. The van der Waals surface area contributed by atoms with Crippen molar-refractivity contribution in [1.29, 1.82) is 0 Å². The van der Waals surface area contributed by atoms with E-state index in [1.807, 2.05) is 12.1 Å². The van der Waals surface area contributed by atoms with Crippen LogP contribution in [-0.4, -0.2) is 18.3 Å². The molecule has 0 aromatic heterocycles. The van der Waals surface area contributed by atoms with Crippen molar-refractivity contribution in [2.24, 2.45) is 0 Å². The van der Waals surface area contributed by atoms with Gasteiger partial charge in [0.05, 0.1) is 11.2 Å². The third-order valence-corrected chi connectivity index (χ3v) is 6.90. The Kier molecular flexibility index (Phi) is 5.80. The minimum Gasteiger partial charge on any atom is -0.399 e. The van der Waals surface area contributed by atoms with Crippen LogP contribution in [0, 0.1) is 0 Å². The molecule has 1 aliphatic rings. The molecule has 1 heterocycles. The van der Waals surface area contributed by atoms with Crippen molar-refractivity contribution < 1.29 is 9.31 Å². The zero-order valence-electron chi connectivity index (χ0n) is 20.2. The standard InChI is InChI=1S/C30H30BNO2/c1-29(2)30(3,4)34-31(33-29)25-13-11-12-24(22-25)23-18-20-28(21-19-23)32(26-14-7-5-8-15-26)27-16-9-6-10-17-27/h5-22H,1-4H3. The quantitative estimate of drug-likeness (QED) is 0.304. The third kappa shape index (κ3) is 4.27. The predicted octanol–water partition coefficient (Wildman–Crippen LogP) is 7.12. The van der Waals surface area contributed by atoms with Crippen LogP contribution in [0.4, 0.5) is 17.1 Å². The van der Waals surface area contributed by atoms with Gasteiger partial charge in [-0.2, -0.15) is 0 Å². The monoisotopic (exact) mass is 447 g/mol. The molecule has 0 unspecified atom stereocenters. The highest BCUT2D eigenvalue weighted by molar-refractivity contribution is 6.62. The molecular formula is C30H30BNO2. The van der Waals surface area contributed by atoms with Crippen molar-refractivity contribution in [2.75, 3.05) is 4.90 Å². The van der Waals surface area contributed by atoms with Gasteiger partial charge >= 0.3 is 7.12 Å². The van der Waals surface area contributed by atoms with Crippen LogP contribution in [0.1, 0.15) is 27.7 Å². The lowest BCUT2D eigenvalue weighted by Crippen LogP contribution is -2.41. The van der Waals surface area contributed by atoms with Gasteiger partial charge in [-0.1, -0.05) is 72.8 Å². The molecule has 0 N–H and O–H groups in total. The Bertz CT molecular complexity index is 1200. The molecule has 0 radical (unpaired) electrons. The highest BCUT2D eigenvalue weighted by atomic mass is 16.7. The zero-order chi connectivity index (χ0) is 23.8. The largest absolute Gasteiger partial charge is 0.494 e. The van der Waals surface area contributed by atoms with Gasteiger partial charge in [-0.05, 0) is 80.7 Å². The SMILES string of the molecule is CC1(C)OB(c2cccc(-c3ccc(N(c4ccccc4)c4ccccc4)cc3)c2)OC1(C)C. The highest BCUT2D eigenvalue weighted by Gasteiger charge is 2.51. The molecule has 4 heteroatoms. The maximum absolute atomic E-state index is 6.26. The van der Waals surface area contributed by atoms with Crippen LogP contribution < -0.4 is 10.4 Å². The van der Waals surface area contributed by atoms with Crippen LogP contribution in [0.15, 0.2) is 109 Å². The topological polar surface area (TPSA) is 21.7 Å². The number of nitrogens with zero attached hydrogens (tertiary/aromatic N) is 1. The van der Waals surface area contributed by atoms with Gasteiger partial charge in [-0.25, -0.2) is 0 Å². The van der Waals surface area contributed by atoms with Crippen molar-refractivity contribution in [1.82, 2.24) is 0 Å². The number of anilines is 3. The van der Waals surface area contributed by atoms with E-state index in [1.54, 1.807) is 0 Å². The lowest BCUT2D eigenvalue weighted by Gasteiger charge is -2.32. The predicted molar refractivity (Wildman–Crippen MR) is 142 cm³/mol. The number of hydrogen-bond donors (Lipinski definition) is 0. The van der Waals surface area contributed by atoms with Crippen LogP contribution in [0.3, 0.4) is 0 Å². The van der Waals surface area contributed by atoms with Crippen molar-refractivity contribution in [2.45, 2.75) is 38.9 Å². The summed E-state index contributed by atoms with van der Waals surface area (Å²) in [5, 5.41) is 0. The summed E-state index contributed by atoms with van der Waals surface area (Å²) in [6, 6.07) is 38.1. The second-order valence-electron chi connectivity index (χ2n) is 9.77. The van der Waals surface area contributed by atoms with E-state index in [4.69, 9.17) is 9.31 Å². The van der Waals surface area contributed by atoms with E-state index in [2.05, 4.69) is 130 Å². The molecule has 170 valence electrons. The summed E-state index contributed by atoms with van der Waals surface area (Å²) in [4.78, 5) is 2.27. The lowest BCUT2D eigenvalue weighted by atomic mass is 9.78. The first-order valence-electron chi connectivity index (χ1n) is 11.8. The molecule has 0 saturated carbocycles. The number of benzene rings is 4. The Hall–Kier alpha value is -3.34. The first-order chi connectivity index (χ1) is 16.3. The van der Waals surface area contributed by atoms with Crippen molar-refractivity contribution >= 4 is 29.6 Å². The van der Waals surface area contributed by atoms with Gasteiger partial charge in [0.25, 0.3) is 0 Å². The van der Waals surface area contributed by atoms with Gasteiger partial charge in [-0.3, -0.25) is 0 Å². The molecule has 1 saturated heterocycles. The van der Waals surface area contributed by atoms with Crippen LogP contribution in [0.25, 0.3) is 11.1 Å². The minimum absolute atomic E-state index is 0.354. The lowest BCUT2D eigenvalue weighted by molar-refractivity contribution is 0.00578. The normalized spacial score (nSPS) is 16.4. The first kappa shape index (κ1) is 22.5. The summed E-state index contributed by atoms with van der Waals surface area (Å²) in [6.07, 6.45) is 0. The second kappa shape index (κ2) is 8.79. The molecule has 34 heavy (non-hydrogen) atoms. The molecule has 5 rings (SSSR count). The summed E-state index contributed by atoms with van der Waals surface area (Å²) >= 11 is 0.